The van der Waals surface area contributed by atoms with Gasteiger partial charge in [0.1, 0.15) is 0 Å². The van der Waals surface area contributed by atoms with Crippen LogP contribution in [0.15, 0.2) is 0 Å². The van der Waals surface area contributed by atoms with Crippen molar-refractivity contribution in [3.8, 4) is 0 Å². The van der Waals surface area contributed by atoms with Gasteiger partial charge < -0.3 is 20.6 Å². The van der Waals surface area contributed by atoms with Gasteiger partial charge in [-0.3, -0.25) is 0 Å². The highest BCUT2D eigenvalue weighted by atomic mass is 16.4. The van der Waals surface area contributed by atoms with E-state index in [2.05, 4.69) is 5.32 Å². The van der Waals surface area contributed by atoms with E-state index in [0.29, 0.717) is 12.5 Å². The molecule has 5 heteroatoms. The van der Waals surface area contributed by atoms with Gasteiger partial charge in [-0.15, -0.1) is 0 Å². The van der Waals surface area contributed by atoms with Gasteiger partial charge in [-0.2, -0.15) is 0 Å². The van der Waals surface area contributed by atoms with Crippen molar-refractivity contribution in [2.24, 2.45) is 5.92 Å². The Bertz CT molecular complexity index is 234. The Hall–Kier alpha value is -0.650. The molecule has 1 rings (SSSR count). The van der Waals surface area contributed by atoms with Crippen LogP contribution in [0.3, 0.4) is 0 Å². The second-order valence-electron chi connectivity index (χ2n) is 4.88. The third kappa shape index (κ3) is 4.08. The zero-order chi connectivity index (χ0) is 12.2. The van der Waals surface area contributed by atoms with Gasteiger partial charge in [-0.05, 0) is 45.1 Å². The Morgan fingerprint density at radius 1 is 1.38 bits per heavy atom. The number of aliphatic hydroxyl groups is 2. The maximum absolute atomic E-state index is 10.6. The summed E-state index contributed by atoms with van der Waals surface area (Å²) in [4.78, 5) is 10.6. The molecule has 0 aromatic rings. The molecule has 1 unspecified atom stereocenters. The number of hydrogen-bond acceptors (Lipinski definition) is 4. The standard InChI is InChI=1S/C11H21NO4/c1-11(16,10(14)15)7-12-6-8-2-4-9(13)5-3-8/h8-9,12-13,16H,2-7H2,1H3,(H,14,15). The smallest absolute Gasteiger partial charge is 0.336 e. The molecular formula is C11H21NO4. The van der Waals surface area contributed by atoms with Crippen molar-refractivity contribution in [3.05, 3.63) is 0 Å². The fourth-order valence-electron chi connectivity index (χ4n) is 1.94. The Balaban J connectivity index is 2.18. The summed E-state index contributed by atoms with van der Waals surface area (Å²) in [6.07, 6.45) is 3.40. The van der Waals surface area contributed by atoms with Crippen LogP contribution in [0.5, 0.6) is 0 Å². The highest BCUT2D eigenvalue weighted by Crippen LogP contribution is 2.23. The summed E-state index contributed by atoms with van der Waals surface area (Å²) in [6.45, 7) is 2.05. The minimum atomic E-state index is -1.70. The van der Waals surface area contributed by atoms with Crippen LogP contribution in [-0.4, -0.2) is 46.1 Å². The van der Waals surface area contributed by atoms with Crippen molar-refractivity contribution >= 4 is 5.97 Å². The van der Waals surface area contributed by atoms with E-state index in [1.54, 1.807) is 0 Å². The van der Waals surface area contributed by atoms with Crippen LogP contribution >= 0.6 is 0 Å². The first-order valence-electron chi connectivity index (χ1n) is 5.76. The quantitative estimate of drug-likeness (QED) is 0.533. The van der Waals surface area contributed by atoms with Crippen LogP contribution in [0.4, 0.5) is 0 Å². The van der Waals surface area contributed by atoms with Gasteiger partial charge >= 0.3 is 5.97 Å². The predicted octanol–water partition coefficient (Wildman–Crippen LogP) is -0.0373. The van der Waals surface area contributed by atoms with Crippen LogP contribution in [0.1, 0.15) is 32.6 Å². The highest BCUT2D eigenvalue weighted by Gasteiger charge is 2.29. The molecule has 0 aromatic carbocycles. The number of carboxylic acid groups (broad SMARTS) is 1. The average Bonchev–Trinajstić information content (AvgIpc) is 2.20. The molecule has 94 valence electrons. The molecule has 0 spiro atoms. The molecule has 0 aliphatic heterocycles. The maximum Gasteiger partial charge on any atom is 0.336 e. The molecule has 4 N–H and O–H groups in total. The Morgan fingerprint density at radius 2 is 1.94 bits per heavy atom. The van der Waals surface area contributed by atoms with Gasteiger partial charge in [-0.25, -0.2) is 4.79 Å². The lowest BCUT2D eigenvalue weighted by Crippen LogP contribution is -2.46. The second kappa shape index (κ2) is 5.61. The summed E-state index contributed by atoms with van der Waals surface area (Å²) >= 11 is 0. The SMILES string of the molecule is CC(O)(CNCC1CCC(O)CC1)C(=O)O. The van der Waals surface area contributed by atoms with Gasteiger partial charge in [0.2, 0.25) is 0 Å². The summed E-state index contributed by atoms with van der Waals surface area (Å²) < 4.78 is 0. The molecule has 1 fully saturated rings. The molecule has 0 heterocycles. The summed E-state index contributed by atoms with van der Waals surface area (Å²) in [5, 5.41) is 30.4. The first kappa shape index (κ1) is 13.4. The normalized spacial score (nSPS) is 29.7. The number of nitrogens with one attached hydrogen (secondary N) is 1. The van der Waals surface area contributed by atoms with Gasteiger partial charge in [0.05, 0.1) is 6.10 Å². The minimum absolute atomic E-state index is 0.0569. The van der Waals surface area contributed by atoms with E-state index in [1.807, 2.05) is 0 Å². The lowest BCUT2D eigenvalue weighted by Gasteiger charge is -2.27. The van der Waals surface area contributed by atoms with Gasteiger partial charge in [-0.1, -0.05) is 0 Å². The summed E-state index contributed by atoms with van der Waals surface area (Å²) in [7, 11) is 0. The van der Waals surface area contributed by atoms with E-state index in [1.165, 1.54) is 6.92 Å². The number of rotatable bonds is 5. The zero-order valence-corrected chi connectivity index (χ0v) is 9.65. The van der Waals surface area contributed by atoms with E-state index in [4.69, 9.17) is 5.11 Å². The van der Waals surface area contributed by atoms with E-state index >= 15 is 0 Å². The molecule has 16 heavy (non-hydrogen) atoms. The van der Waals surface area contributed by atoms with Crippen molar-refractivity contribution in [2.75, 3.05) is 13.1 Å². The van der Waals surface area contributed by atoms with Gasteiger partial charge in [0.15, 0.2) is 5.60 Å². The fraction of sp³-hybridized carbons (Fsp3) is 0.909. The molecule has 0 aromatic heterocycles. The molecule has 1 aliphatic rings. The van der Waals surface area contributed by atoms with Crippen molar-refractivity contribution in [1.82, 2.24) is 5.32 Å². The summed E-state index contributed by atoms with van der Waals surface area (Å²) in [5.41, 5.74) is -1.70. The molecule has 0 saturated heterocycles. The number of hydrogen-bond donors (Lipinski definition) is 4. The lowest BCUT2D eigenvalue weighted by atomic mass is 9.87. The van der Waals surface area contributed by atoms with Crippen molar-refractivity contribution < 1.29 is 20.1 Å². The van der Waals surface area contributed by atoms with Gasteiger partial charge in [0.25, 0.3) is 0 Å². The van der Waals surface area contributed by atoms with Gasteiger partial charge in [0, 0.05) is 6.54 Å². The average molecular weight is 231 g/mol. The zero-order valence-electron chi connectivity index (χ0n) is 9.65. The number of carbonyl (C=O) groups is 1. The third-order valence-electron chi connectivity index (χ3n) is 3.18. The fourth-order valence-corrected chi connectivity index (χ4v) is 1.94. The molecule has 1 aliphatic carbocycles. The summed E-state index contributed by atoms with van der Waals surface area (Å²) in [5.74, 6) is -0.730. The topological polar surface area (TPSA) is 89.8 Å². The van der Waals surface area contributed by atoms with E-state index < -0.39 is 11.6 Å². The largest absolute Gasteiger partial charge is 0.479 e. The Labute approximate surface area is 95.5 Å². The van der Waals surface area contributed by atoms with Crippen LogP contribution in [0.25, 0.3) is 0 Å². The number of aliphatic carboxylic acids is 1. The van der Waals surface area contributed by atoms with Crippen molar-refractivity contribution in [1.29, 1.82) is 0 Å². The highest BCUT2D eigenvalue weighted by molar-refractivity contribution is 5.76. The van der Waals surface area contributed by atoms with Crippen LogP contribution in [0, 0.1) is 5.92 Å². The third-order valence-corrected chi connectivity index (χ3v) is 3.18. The maximum atomic E-state index is 10.6. The molecule has 5 nitrogen and oxygen atoms in total. The Kier molecular flexibility index (Phi) is 4.70. The van der Waals surface area contributed by atoms with Crippen molar-refractivity contribution in [2.45, 2.75) is 44.3 Å². The van der Waals surface area contributed by atoms with Crippen molar-refractivity contribution in [3.63, 3.8) is 0 Å². The predicted molar refractivity (Wildman–Crippen MR) is 59.1 cm³/mol. The van der Waals surface area contributed by atoms with E-state index in [9.17, 15) is 15.0 Å². The first-order chi connectivity index (χ1) is 7.42. The van der Waals surface area contributed by atoms with Crippen LogP contribution < -0.4 is 5.32 Å². The number of aliphatic hydroxyl groups excluding tert-OH is 1. The molecule has 1 saturated carbocycles. The van der Waals surface area contributed by atoms with Crippen LogP contribution in [-0.2, 0) is 4.79 Å². The van der Waals surface area contributed by atoms with E-state index in [0.717, 1.165) is 25.7 Å². The molecule has 0 amide bonds. The lowest BCUT2D eigenvalue weighted by molar-refractivity contribution is -0.156. The summed E-state index contributed by atoms with van der Waals surface area (Å²) in [6, 6.07) is 0. The van der Waals surface area contributed by atoms with Crippen LogP contribution in [0.2, 0.25) is 0 Å². The van der Waals surface area contributed by atoms with E-state index in [-0.39, 0.29) is 12.6 Å². The monoisotopic (exact) mass is 231 g/mol. The second-order valence-corrected chi connectivity index (χ2v) is 4.88. The number of carboxylic acids is 1. The molecule has 0 radical (unpaired) electrons. The molecule has 1 atom stereocenters. The molecular weight excluding hydrogens is 210 g/mol. The first-order valence-corrected chi connectivity index (χ1v) is 5.76. The minimum Gasteiger partial charge on any atom is -0.479 e. The Morgan fingerprint density at radius 3 is 2.44 bits per heavy atom. The molecule has 0 bridgehead atoms.